The Bertz CT molecular complexity index is 577. The third-order valence-corrected chi connectivity index (χ3v) is 4.07. The number of hydrogen-bond acceptors (Lipinski definition) is 2. The summed E-state index contributed by atoms with van der Waals surface area (Å²) in [6, 6.07) is 7.68. The second-order valence-corrected chi connectivity index (χ2v) is 7.39. The number of aliphatic imine (C=N–C) groups is 1. The summed E-state index contributed by atoms with van der Waals surface area (Å²) >= 11 is 0. The van der Waals surface area contributed by atoms with Crippen molar-refractivity contribution in [3.63, 3.8) is 0 Å². The predicted octanol–water partition coefficient (Wildman–Crippen LogP) is 3.93. The Labute approximate surface area is 175 Å². The van der Waals surface area contributed by atoms with E-state index in [4.69, 9.17) is 0 Å². The van der Waals surface area contributed by atoms with Crippen molar-refractivity contribution in [2.24, 2.45) is 10.9 Å². The number of halogens is 1. The third kappa shape index (κ3) is 9.40. The van der Waals surface area contributed by atoms with Crippen LogP contribution in [0.2, 0.25) is 0 Å². The number of benzene rings is 1. The van der Waals surface area contributed by atoms with Crippen LogP contribution in [0.1, 0.15) is 63.4 Å². The molecule has 0 heterocycles. The lowest BCUT2D eigenvalue weighted by molar-refractivity contribution is 0.0919. The summed E-state index contributed by atoms with van der Waals surface area (Å²) in [6.45, 7) is 11.9. The Balaban J connectivity index is 0.00000625. The number of carbonyl (C=O) groups excluding carboxylic acids is 1. The van der Waals surface area contributed by atoms with Gasteiger partial charge in [0, 0.05) is 31.2 Å². The largest absolute Gasteiger partial charge is 0.356 e. The van der Waals surface area contributed by atoms with Crippen LogP contribution in [0.4, 0.5) is 0 Å². The molecule has 0 aliphatic carbocycles. The SMILES string of the molecule is CCC(CC)CNC(=NC)NCc1cccc(C(=O)NC(C)(C)C)c1.I. The van der Waals surface area contributed by atoms with Crippen molar-refractivity contribution in [1.82, 2.24) is 16.0 Å². The van der Waals surface area contributed by atoms with Gasteiger partial charge in [0.2, 0.25) is 0 Å². The highest BCUT2D eigenvalue weighted by Gasteiger charge is 2.15. The van der Waals surface area contributed by atoms with Crippen LogP contribution in [0.5, 0.6) is 0 Å². The van der Waals surface area contributed by atoms with Crippen LogP contribution in [0.3, 0.4) is 0 Å². The maximum absolute atomic E-state index is 12.3. The topological polar surface area (TPSA) is 65.5 Å². The molecule has 1 aromatic rings. The van der Waals surface area contributed by atoms with Crippen LogP contribution in [-0.4, -0.2) is 31.0 Å². The molecule has 0 bridgehead atoms. The zero-order valence-electron chi connectivity index (χ0n) is 17.0. The van der Waals surface area contributed by atoms with E-state index >= 15 is 0 Å². The molecule has 148 valence electrons. The Hall–Kier alpha value is -1.31. The summed E-state index contributed by atoms with van der Waals surface area (Å²) in [4.78, 5) is 16.5. The minimum Gasteiger partial charge on any atom is -0.356 e. The number of carbonyl (C=O) groups is 1. The minimum absolute atomic E-state index is 0. The van der Waals surface area contributed by atoms with Gasteiger partial charge in [-0.2, -0.15) is 0 Å². The van der Waals surface area contributed by atoms with Crippen LogP contribution in [-0.2, 0) is 6.54 Å². The fourth-order valence-electron chi connectivity index (χ4n) is 2.46. The smallest absolute Gasteiger partial charge is 0.251 e. The monoisotopic (exact) mass is 474 g/mol. The van der Waals surface area contributed by atoms with E-state index in [9.17, 15) is 4.79 Å². The summed E-state index contributed by atoms with van der Waals surface area (Å²) < 4.78 is 0. The van der Waals surface area contributed by atoms with Crippen molar-refractivity contribution < 1.29 is 4.79 Å². The maximum Gasteiger partial charge on any atom is 0.251 e. The molecule has 3 N–H and O–H groups in total. The number of nitrogens with zero attached hydrogens (tertiary/aromatic N) is 1. The highest BCUT2D eigenvalue weighted by molar-refractivity contribution is 14.0. The molecule has 0 saturated heterocycles. The fourth-order valence-corrected chi connectivity index (χ4v) is 2.46. The molecule has 1 aromatic carbocycles. The summed E-state index contributed by atoms with van der Waals surface area (Å²) in [7, 11) is 1.77. The molecule has 1 rings (SSSR count). The van der Waals surface area contributed by atoms with E-state index in [2.05, 4.69) is 34.8 Å². The highest BCUT2D eigenvalue weighted by Crippen LogP contribution is 2.08. The van der Waals surface area contributed by atoms with E-state index in [1.807, 2.05) is 45.0 Å². The first-order chi connectivity index (χ1) is 11.8. The summed E-state index contributed by atoms with van der Waals surface area (Å²) in [5, 5.41) is 9.67. The zero-order chi connectivity index (χ0) is 18.9. The van der Waals surface area contributed by atoms with Crippen LogP contribution < -0.4 is 16.0 Å². The van der Waals surface area contributed by atoms with Gasteiger partial charge >= 0.3 is 0 Å². The molecule has 5 nitrogen and oxygen atoms in total. The first-order valence-corrected chi connectivity index (χ1v) is 9.15. The van der Waals surface area contributed by atoms with Gasteiger partial charge in [0.25, 0.3) is 5.91 Å². The second-order valence-electron chi connectivity index (χ2n) is 7.39. The Kier molecular flexibility index (Phi) is 11.5. The average Bonchev–Trinajstić information content (AvgIpc) is 2.57. The second kappa shape index (κ2) is 12.1. The van der Waals surface area contributed by atoms with E-state index in [1.165, 1.54) is 0 Å². The molecule has 0 fully saturated rings. The number of hydrogen-bond donors (Lipinski definition) is 3. The quantitative estimate of drug-likeness (QED) is 0.319. The van der Waals surface area contributed by atoms with E-state index in [0.29, 0.717) is 18.0 Å². The minimum atomic E-state index is -0.244. The lowest BCUT2D eigenvalue weighted by atomic mass is 10.0. The molecule has 0 saturated carbocycles. The van der Waals surface area contributed by atoms with Gasteiger partial charge in [-0.05, 0) is 44.4 Å². The Morgan fingerprint density at radius 2 is 1.81 bits per heavy atom. The van der Waals surface area contributed by atoms with E-state index < -0.39 is 0 Å². The molecule has 0 radical (unpaired) electrons. The molecule has 0 aliphatic rings. The van der Waals surface area contributed by atoms with Gasteiger partial charge in [-0.3, -0.25) is 9.79 Å². The fraction of sp³-hybridized carbons (Fsp3) is 0.600. The molecule has 0 atom stereocenters. The Morgan fingerprint density at radius 1 is 1.15 bits per heavy atom. The van der Waals surface area contributed by atoms with Crippen molar-refractivity contribution in [3.8, 4) is 0 Å². The van der Waals surface area contributed by atoms with Gasteiger partial charge in [-0.1, -0.05) is 38.8 Å². The summed E-state index contributed by atoms with van der Waals surface area (Å²) in [6.07, 6.45) is 2.32. The predicted molar refractivity (Wildman–Crippen MR) is 121 cm³/mol. The van der Waals surface area contributed by atoms with E-state index in [-0.39, 0.29) is 35.4 Å². The summed E-state index contributed by atoms with van der Waals surface area (Å²) in [5.74, 6) is 1.39. The highest BCUT2D eigenvalue weighted by atomic mass is 127. The van der Waals surface area contributed by atoms with Gasteiger partial charge in [0.05, 0.1) is 0 Å². The standard InChI is InChI=1S/C20H34N4O.HI/c1-7-15(8-2)13-22-19(21-6)23-14-16-10-9-11-17(12-16)18(25)24-20(3,4)5;/h9-12,15H,7-8,13-14H2,1-6H3,(H,24,25)(H2,21,22,23);1H. The molecule has 0 aliphatic heterocycles. The molecule has 0 aromatic heterocycles. The number of amides is 1. The molecule has 6 heteroatoms. The zero-order valence-corrected chi connectivity index (χ0v) is 19.3. The van der Waals surface area contributed by atoms with Gasteiger partial charge in [-0.15, -0.1) is 24.0 Å². The van der Waals surface area contributed by atoms with Crippen molar-refractivity contribution in [3.05, 3.63) is 35.4 Å². The summed E-state index contributed by atoms with van der Waals surface area (Å²) in [5.41, 5.74) is 1.48. The molecule has 26 heavy (non-hydrogen) atoms. The molecule has 0 unspecified atom stereocenters. The van der Waals surface area contributed by atoms with Crippen LogP contribution in [0.25, 0.3) is 0 Å². The van der Waals surface area contributed by atoms with Crippen molar-refractivity contribution in [2.45, 2.75) is 59.5 Å². The van der Waals surface area contributed by atoms with Crippen LogP contribution in [0, 0.1) is 5.92 Å². The van der Waals surface area contributed by atoms with Crippen molar-refractivity contribution in [1.29, 1.82) is 0 Å². The van der Waals surface area contributed by atoms with Crippen LogP contribution >= 0.6 is 24.0 Å². The van der Waals surface area contributed by atoms with Crippen molar-refractivity contribution in [2.75, 3.05) is 13.6 Å². The van der Waals surface area contributed by atoms with Crippen molar-refractivity contribution >= 4 is 35.8 Å². The lowest BCUT2D eigenvalue weighted by Crippen LogP contribution is -2.40. The molecule has 1 amide bonds. The van der Waals surface area contributed by atoms with E-state index in [1.54, 1.807) is 7.05 Å². The third-order valence-electron chi connectivity index (χ3n) is 4.07. The van der Waals surface area contributed by atoms with Gasteiger partial charge in [0.15, 0.2) is 5.96 Å². The number of nitrogens with one attached hydrogen (secondary N) is 3. The van der Waals surface area contributed by atoms with Crippen LogP contribution in [0.15, 0.2) is 29.3 Å². The normalized spacial score (nSPS) is 11.7. The average molecular weight is 474 g/mol. The van der Waals surface area contributed by atoms with Gasteiger partial charge < -0.3 is 16.0 Å². The first-order valence-electron chi connectivity index (χ1n) is 9.15. The molecular weight excluding hydrogens is 439 g/mol. The number of guanidine groups is 1. The number of rotatable bonds is 7. The first kappa shape index (κ1) is 24.7. The Morgan fingerprint density at radius 3 is 2.35 bits per heavy atom. The maximum atomic E-state index is 12.3. The molecule has 0 spiro atoms. The van der Waals surface area contributed by atoms with Gasteiger partial charge in [0.1, 0.15) is 0 Å². The van der Waals surface area contributed by atoms with Gasteiger partial charge in [-0.25, -0.2) is 0 Å². The molecular formula is C20H35IN4O. The van der Waals surface area contributed by atoms with E-state index in [0.717, 1.165) is 30.9 Å². The lowest BCUT2D eigenvalue weighted by Gasteiger charge is -2.20.